The third-order valence-corrected chi connectivity index (χ3v) is 3.37. The number of hydrogen-bond acceptors (Lipinski definition) is 4. The fourth-order valence-electron chi connectivity index (χ4n) is 2.43. The van der Waals surface area contributed by atoms with Gasteiger partial charge in [0.25, 0.3) is 0 Å². The predicted molar refractivity (Wildman–Crippen MR) is 65.4 cm³/mol. The summed E-state index contributed by atoms with van der Waals surface area (Å²) in [5.74, 6) is 0.836. The van der Waals surface area contributed by atoms with Crippen LogP contribution in [-0.2, 0) is 11.3 Å². The first kappa shape index (κ1) is 12.7. The SMILES string of the molecule is CC1CN(C)C(=O)C(CC#N)N1Cc1ccco1. The van der Waals surface area contributed by atoms with Gasteiger partial charge in [0.1, 0.15) is 11.8 Å². The molecule has 1 aromatic rings. The summed E-state index contributed by atoms with van der Waals surface area (Å²) < 4.78 is 5.32. The third kappa shape index (κ3) is 2.39. The van der Waals surface area contributed by atoms with E-state index in [4.69, 9.17) is 9.68 Å². The molecule has 0 bridgehead atoms. The second-order valence-corrected chi connectivity index (χ2v) is 4.70. The van der Waals surface area contributed by atoms with Crippen LogP contribution in [0, 0.1) is 11.3 Å². The van der Waals surface area contributed by atoms with Crippen LogP contribution in [0.1, 0.15) is 19.1 Å². The zero-order chi connectivity index (χ0) is 13.1. The van der Waals surface area contributed by atoms with E-state index in [-0.39, 0.29) is 24.4 Å². The summed E-state index contributed by atoms with van der Waals surface area (Å²) in [6, 6.07) is 5.67. The maximum atomic E-state index is 12.1. The number of carbonyl (C=O) groups excluding carboxylic acids is 1. The summed E-state index contributed by atoms with van der Waals surface area (Å²) >= 11 is 0. The van der Waals surface area contributed by atoms with Gasteiger partial charge in [-0.2, -0.15) is 5.26 Å². The molecule has 96 valence electrons. The Morgan fingerprint density at radius 1 is 1.61 bits per heavy atom. The van der Waals surface area contributed by atoms with Crippen molar-refractivity contribution in [1.29, 1.82) is 5.26 Å². The fourth-order valence-corrected chi connectivity index (χ4v) is 2.43. The van der Waals surface area contributed by atoms with Gasteiger partial charge in [-0.15, -0.1) is 0 Å². The molecule has 0 radical (unpaired) electrons. The predicted octanol–water partition coefficient (Wildman–Crippen LogP) is 1.22. The molecule has 18 heavy (non-hydrogen) atoms. The lowest BCUT2D eigenvalue weighted by Gasteiger charge is -2.42. The average molecular weight is 247 g/mol. The molecule has 0 saturated carbocycles. The van der Waals surface area contributed by atoms with Crippen LogP contribution in [0.2, 0.25) is 0 Å². The van der Waals surface area contributed by atoms with E-state index in [1.54, 1.807) is 18.2 Å². The number of nitriles is 1. The summed E-state index contributed by atoms with van der Waals surface area (Å²) in [6.45, 7) is 3.32. The van der Waals surface area contributed by atoms with Gasteiger partial charge in [0.2, 0.25) is 5.91 Å². The molecule has 0 N–H and O–H groups in total. The lowest BCUT2D eigenvalue weighted by molar-refractivity contribution is -0.143. The Kier molecular flexibility index (Phi) is 3.68. The molecule has 2 unspecified atom stereocenters. The molecule has 1 saturated heterocycles. The monoisotopic (exact) mass is 247 g/mol. The number of nitrogens with zero attached hydrogens (tertiary/aromatic N) is 3. The van der Waals surface area contributed by atoms with Crippen LogP contribution in [0.3, 0.4) is 0 Å². The highest BCUT2D eigenvalue weighted by molar-refractivity contribution is 5.82. The molecule has 2 atom stereocenters. The van der Waals surface area contributed by atoms with Crippen LogP contribution in [0.4, 0.5) is 0 Å². The molecule has 5 heteroatoms. The Morgan fingerprint density at radius 3 is 3.00 bits per heavy atom. The molecule has 1 aromatic heterocycles. The molecule has 1 amide bonds. The van der Waals surface area contributed by atoms with Crippen LogP contribution in [0.15, 0.2) is 22.8 Å². The minimum absolute atomic E-state index is 0.0150. The van der Waals surface area contributed by atoms with Crippen molar-refractivity contribution in [2.75, 3.05) is 13.6 Å². The highest BCUT2D eigenvalue weighted by atomic mass is 16.3. The Labute approximate surface area is 107 Å². The molecule has 2 heterocycles. The molecule has 1 aliphatic heterocycles. The molecule has 0 spiro atoms. The molecule has 2 rings (SSSR count). The lowest BCUT2D eigenvalue weighted by Crippen LogP contribution is -2.59. The van der Waals surface area contributed by atoms with Crippen molar-refractivity contribution in [3.8, 4) is 6.07 Å². The average Bonchev–Trinajstić information content (AvgIpc) is 2.83. The fraction of sp³-hybridized carbons (Fsp3) is 0.538. The van der Waals surface area contributed by atoms with Crippen molar-refractivity contribution in [3.05, 3.63) is 24.2 Å². The van der Waals surface area contributed by atoms with Gasteiger partial charge in [0.15, 0.2) is 0 Å². The third-order valence-electron chi connectivity index (χ3n) is 3.37. The second-order valence-electron chi connectivity index (χ2n) is 4.70. The maximum Gasteiger partial charge on any atom is 0.240 e. The van der Waals surface area contributed by atoms with E-state index in [0.29, 0.717) is 13.1 Å². The maximum absolute atomic E-state index is 12.1. The number of hydrogen-bond donors (Lipinski definition) is 0. The summed E-state index contributed by atoms with van der Waals surface area (Å²) in [5.41, 5.74) is 0. The normalized spacial score (nSPS) is 25.2. The lowest BCUT2D eigenvalue weighted by atomic mass is 10.0. The van der Waals surface area contributed by atoms with Crippen LogP contribution < -0.4 is 0 Å². The van der Waals surface area contributed by atoms with Crippen molar-refractivity contribution in [2.24, 2.45) is 0 Å². The second kappa shape index (κ2) is 5.23. The van der Waals surface area contributed by atoms with Crippen molar-refractivity contribution >= 4 is 5.91 Å². The van der Waals surface area contributed by atoms with Gasteiger partial charge in [0.05, 0.1) is 25.3 Å². The van der Waals surface area contributed by atoms with Gasteiger partial charge >= 0.3 is 0 Å². The molecule has 0 aromatic carbocycles. The summed E-state index contributed by atoms with van der Waals surface area (Å²) in [6.07, 6.45) is 1.84. The van der Waals surface area contributed by atoms with Crippen LogP contribution >= 0.6 is 0 Å². The van der Waals surface area contributed by atoms with E-state index < -0.39 is 0 Å². The highest BCUT2D eigenvalue weighted by Crippen LogP contribution is 2.21. The largest absolute Gasteiger partial charge is 0.468 e. The number of furan rings is 1. The minimum atomic E-state index is -0.367. The van der Waals surface area contributed by atoms with Gasteiger partial charge in [-0.05, 0) is 19.1 Å². The summed E-state index contributed by atoms with van der Waals surface area (Å²) in [7, 11) is 1.79. The van der Waals surface area contributed by atoms with E-state index in [2.05, 4.69) is 13.0 Å². The first-order chi connectivity index (χ1) is 8.63. The first-order valence-corrected chi connectivity index (χ1v) is 6.03. The number of rotatable bonds is 3. The van der Waals surface area contributed by atoms with E-state index >= 15 is 0 Å². The van der Waals surface area contributed by atoms with Crippen molar-refractivity contribution in [2.45, 2.75) is 32.0 Å². The molecule has 0 aliphatic carbocycles. The highest BCUT2D eigenvalue weighted by Gasteiger charge is 2.37. The zero-order valence-electron chi connectivity index (χ0n) is 10.7. The molecular weight excluding hydrogens is 230 g/mol. The summed E-state index contributed by atoms with van der Waals surface area (Å²) in [5, 5.41) is 8.88. The summed E-state index contributed by atoms with van der Waals surface area (Å²) in [4.78, 5) is 15.8. The molecule has 5 nitrogen and oxygen atoms in total. The van der Waals surface area contributed by atoms with E-state index in [9.17, 15) is 4.79 Å². The van der Waals surface area contributed by atoms with Crippen LogP contribution in [0.5, 0.6) is 0 Å². The number of piperazine rings is 1. The number of likely N-dealkylation sites (N-methyl/N-ethyl adjacent to an activating group) is 1. The quantitative estimate of drug-likeness (QED) is 0.806. The smallest absolute Gasteiger partial charge is 0.240 e. The molecular formula is C13H17N3O2. The van der Waals surface area contributed by atoms with Crippen molar-refractivity contribution in [3.63, 3.8) is 0 Å². The Bertz CT molecular complexity index is 449. The number of amides is 1. The van der Waals surface area contributed by atoms with E-state index in [1.165, 1.54) is 0 Å². The van der Waals surface area contributed by atoms with Gasteiger partial charge < -0.3 is 9.32 Å². The van der Waals surface area contributed by atoms with Gasteiger partial charge in [-0.25, -0.2) is 0 Å². The van der Waals surface area contributed by atoms with Gasteiger partial charge in [-0.1, -0.05) is 0 Å². The van der Waals surface area contributed by atoms with Gasteiger partial charge in [0, 0.05) is 19.6 Å². The molecule has 1 fully saturated rings. The van der Waals surface area contributed by atoms with E-state index in [1.807, 2.05) is 17.0 Å². The minimum Gasteiger partial charge on any atom is -0.468 e. The first-order valence-electron chi connectivity index (χ1n) is 6.03. The zero-order valence-corrected chi connectivity index (χ0v) is 10.7. The van der Waals surface area contributed by atoms with Gasteiger partial charge in [-0.3, -0.25) is 9.69 Å². The van der Waals surface area contributed by atoms with Crippen molar-refractivity contribution in [1.82, 2.24) is 9.80 Å². The standard InChI is InChI=1S/C13H17N3O2/c1-10-8-15(2)13(17)12(5-6-14)16(10)9-11-4-3-7-18-11/h3-4,7,10,12H,5,8-9H2,1-2H3. The van der Waals surface area contributed by atoms with Crippen molar-refractivity contribution < 1.29 is 9.21 Å². The van der Waals surface area contributed by atoms with E-state index in [0.717, 1.165) is 5.76 Å². The number of carbonyl (C=O) groups is 1. The Hall–Kier alpha value is -1.80. The molecule has 1 aliphatic rings. The van der Waals surface area contributed by atoms with Crippen LogP contribution in [0.25, 0.3) is 0 Å². The Balaban J connectivity index is 2.18. The Morgan fingerprint density at radius 2 is 2.39 bits per heavy atom. The van der Waals surface area contributed by atoms with Crippen LogP contribution in [-0.4, -0.2) is 41.4 Å². The topological polar surface area (TPSA) is 60.5 Å².